The van der Waals surface area contributed by atoms with E-state index in [0.717, 1.165) is 32.5 Å². The van der Waals surface area contributed by atoms with Crippen molar-refractivity contribution < 1.29 is 14.2 Å². The molecule has 8 atom stereocenters. The standard InChI is InChI=1S/C18H34N4O3/c1-12-10-23-5-6-24-11-13(2)25-15-3-4-17-16(7-15)18(21-20-17)14-8-19-22(12)9-14/h12-21H,3-11H2,1-2H3/t12-,13+,14?,15?,16?,17?,18?/m0/s1. The quantitative estimate of drug-likeness (QED) is 0.577. The van der Waals surface area contributed by atoms with Crippen LogP contribution in [0.3, 0.4) is 0 Å². The molecule has 0 radical (unpaired) electrons. The lowest BCUT2D eigenvalue weighted by molar-refractivity contribution is -0.0773. The van der Waals surface area contributed by atoms with Crippen LogP contribution in [0.25, 0.3) is 0 Å². The summed E-state index contributed by atoms with van der Waals surface area (Å²) < 4.78 is 17.8. The summed E-state index contributed by atoms with van der Waals surface area (Å²) in [5.41, 5.74) is 10.8. The lowest BCUT2D eigenvalue weighted by atomic mass is 9.76. The Labute approximate surface area is 151 Å². The first-order chi connectivity index (χ1) is 12.2. The van der Waals surface area contributed by atoms with Gasteiger partial charge in [0.2, 0.25) is 0 Å². The highest BCUT2D eigenvalue weighted by molar-refractivity contribution is 5.00. The highest BCUT2D eigenvalue weighted by Gasteiger charge is 2.45. The molecular weight excluding hydrogens is 320 g/mol. The van der Waals surface area contributed by atoms with Gasteiger partial charge in [0.25, 0.3) is 0 Å². The molecule has 144 valence electrons. The van der Waals surface area contributed by atoms with Gasteiger partial charge in [-0.2, -0.15) is 0 Å². The second-order valence-corrected chi connectivity index (χ2v) is 8.24. The van der Waals surface area contributed by atoms with E-state index in [-0.39, 0.29) is 6.10 Å². The third-order valence-electron chi connectivity index (χ3n) is 6.28. The molecular formula is C18H34N4O3. The van der Waals surface area contributed by atoms with Crippen molar-refractivity contribution >= 4 is 0 Å². The predicted octanol–water partition coefficient (Wildman–Crippen LogP) is 0.277. The molecule has 3 N–H and O–H groups in total. The Balaban J connectivity index is 1.44. The third kappa shape index (κ3) is 4.18. The maximum atomic E-state index is 6.30. The van der Waals surface area contributed by atoms with Crippen molar-refractivity contribution in [2.75, 3.05) is 39.5 Å². The monoisotopic (exact) mass is 354 g/mol. The van der Waals surface area contributed by atoms with E-state index < -0.39 is 0 Å². The molecule has 1 saturated carbocycles. The molecule has 4 rings (SSSR count). The molecule has 3 aliphatic heterocycles. The summed E-state index contributed by atoms with van der Waals surface area (Å²) in [5, 5.41) is 2.35. The summed E-state index contributed by atoms with van der Waals surface area (Å²) in [4.78, 5) is 0. The summed E-state index contributed by atoms with van der Waals surface area (Å²) in [6.07, 6.45) is 3.99. The van der Waals surface area contributed by atoms with E-state index in [9.17, 15) is 0 Å². The van der Waals surface area contributed by atoms with Crippen LogP contribution in [0, 0.1) is 11.8 Å². The van der Waals surface area contributed by atoms with Crippen LogP contribution in [-0.4, -0.2) is 74.9 Å². The van der Waals surface area contributed by atoms with E-state index in [1.54, 1.807) is 0 Å². The van der Waals surface area contributed by atoms with Crippen LogP contribution < -0.4 is 16.3 Å². The number of rotatable bonds is 0. The van der Waals surface area contributed by atoms with E-state index in [2.05, 4.69) is 35.1 Å². The molecule has 4 fully saturated rings. The number of ether oxygens (including phenoxy) is 3. The van der Waals surface area contributed by atoms with Gasteiger partial charge in [-0.05, 0) is 39.0 Å². The van der Waals surface area contributed by atoms with Gasteiger partial charge in [-0.25, -0.2) is 5.01 Å². The fourth-order valence-corrected chi connectivity index (χ4v) is 4.91. The third-order valence-corrected chi connectivity index (χ3v) is 6.28. The van der Waals surface area contributed by atoms with Gasteiger partial charge in [0.05, 0.1) is 38.6 Å². The first-order valence-electron chi connectivity index (χ1n) is 10.0. The van der Waals surface area contributed by atoms with Crippen molar-refractivity contribution in [2.45, 2.75) is 63.4 Å². The molecule has 3 heterocycles. The molecule has 0 aromatic carbocycles. The van der Waals surface area contributed by atoms with E-state index in [0.29, 0.717) is 55.9 Å². The Bertz CT molecular complexity index is 441. The molecule has 6 unspecified atom stereocenters. The van der Waals surface area contributed by atoms with Crippen molar-refractivity contribution in [3.63, 3.8) is 0 Å². The Morgan fingerprint density at radius 1 is 1.00 bits per heavy atom. The summed E-state index contributed by atoms with van der Waals surface area (Å²) >= 11 is 0. The Kier molecular flexibility index (Phi) is 5.91. The molecule has 1 aliphatic carbocycles. The van der Waals surface area contributed by atoms with Crippen molar-refractivity contribution in [3.8, 4) is 0 Å². The highest BCUT2D eigenvalue weighted by Crippen LogP contribution is 2.36. The van der Waals surface area contributed by atoms with Crippen LogP contribution in [-0.2, 0) is 14.2 Å². The average molecular weight is 354 g/mol. The lowest BCUT2D eigenvalue weighted by Crippen LogP contribution is -2.44. The van der Waals surface area contributed by atoms with Crippen LogP contribution in [0.4, 0.5) is 0 Å². The maximum absolute atomic E-state index is 6.30. The first kappa shape index (κ1) is 18.1. The van der Waals surface area contributed by atoms with Crippen LogP contribution >= 0.6 is 0 Å². The van der Waals surface area contributed by atoms with Crippen LogP contribution in [0.15, 0.2) is 0 Å². The van der Waals surface area contributed by atoms with Gasteiger partial charge in [0.1, 0.15) is 0 Å². The summed E-state index contributed by atoms with van der Waals surface area (Å²) in [6, 6.07) is 1.48. The Morgan fingerprint density at radius 3 is 2.72 bits per heavy atom. The minimum Gasteiger partial charge on any atom is -0.377 e. The molecule has 0 amide bonds. The van der Waals surface area contributed by atoms with E-state index in [1.165, 1.54) is 6.42 Å². The summed E-state index contributed by atoms with van der Waals surface area (Å²) in [7, 11) is 0. The predicted molar refractivity (Wildman–Crippen MR) is 94.8 cm³/mol. The largest absolute Gasteiger partial charge is 0.377 e. The van der Waals surface area contributed by atoms with Crippen LogP contribution in [0.1, 0.15) is 33.1 Å². The molecule has 0 aromatic heterocycles. The summed E-state index contributed by atoms with van der Waals surface area (Å²) in [5.74, 6) is 1.27. The zero-order chi connectivity index (χ0) is 17.2. The number of hydrogen-bond donors (Lipinski definition) is 3. The van der Waals surface area contributed by atoms with Crippen molar-refractivity contribution in [3.05, 3.63) is 0 Å². The van der Waals surface area contributed by atoms with Gasteiger partial charge >= 0.3 is 0 Å². The minimum atomic E-state index is 0.151. The number of hydrogen-bond acceptors (Lipinski definition) is 7. The van der Waals surface area contributed by atoms with Gasteiger partial charge in [0.15, 0.2) is 0 Å². The van der Waals surface area contributed by atoms with Gasteiger partial charge in [-0.15, -0.1) is 0 Å². The smallest absolute Gasteiger partial charge is 0.0784 e. The normalized spacial score (nSPS) is 49.2. The topological polar surface area (TPSA) is 67.0 Å². The fourth-order valence-electron chi connectivity index (χ4n) is 4.91. The molecule has 7 nitrogen and oxygen atoms in total. The lowest BCUT2D eigenvalue weighted by Gasteiger charge is -2.36. The molecule has 4 bridgehead atoms. The SMILES string of the molecule is C[C@@H]1COCCOC[C@H](C)N2CC(CN2)C2NNC3CCC(CC32)O1. The second kappa shape index (κ2) is 8.17. The molecule has 0 spiro atoms. The van der Waals surface area contributed by atoms with Crippen molar-refractivity contribution in [2.24, 2.45) is 11.8 Å². The van der Waals surface area contributed by atoms with Crippen molar-refractivity contribution in [1.29, 1.82) is 0 Å². The van der Waals surface area contributed by atoms with Gasteiger partial charge < -0.3 is 14.2 Å². The number of fused-ring (bicyclic) bond motifs is 4. The zero-order valence-electron chi connectivity index (χ0n) is 15.6. The molecule has 7 heteroatoms. The van der Waals surface area contributed by atoms with Gasteiger partial charge in [-0.1, -0.05) is 0 Å². The van der Waals surface area contributed by atoms with E-state index in [4.69, 9.17) is 14.2 Å². The molecule has 3 saturated heterocycles. The molecule has 4 aliphatic rings. The number of nitrogens with zero attached hydrogens (tertiary/aromatic N) is 1. The van der Waals surface area contributed by atoms with Gasteiger partial charge in [0, 0.05) is 37.1 Å². The molecule has 25 heavy (non-hydrogen) atoms. The number of hydrazine groups is 2. The van der Waals surface area contributed by atoms with Crippen LogP contribution in [0.5, 0.6) is 0 Å². The fraction of sp³-hybridized carbons (Fsp3) is 1.00. The highest BCUT2D eigenvalue weighted by atomic mass is 16.6. The van der Waals surface area contributed by atoms with Gasteiger partial charge in [-0.3, -0.25) is 16.3 Å². The van der Waals surface area contributed by atoms with E-state index >= 15 is 0 Å². The van der Waals surface area contributed by atoms with Crippen LogP contribution in [0.2, 0.25) is 0 Å². The number of nitrogens with one attached hydrogen (secondary N) is 3. The zero-order valence-corrected chi connectivity index (χ0v) is 15.6. The van der Waals surface area contributed by atoms with Crippen molar-refractivity contribution in [1.82, 2.24) is 21.3 Å². The second-order valence-electron chi connectivity index (χ2n) is 8.24. The Hall–Kier alpha value is -0.280. The van der Waals surface area contributed by atoms with E-state index in [1.807, 2.05) is 0 Å². The molecule has 0 aromatic rings. The first-order valence-corrected chi connectivity index (χ1v) is 10.0. The maximum Gasteiger partial charge on any atom is 0.0784 e. The Morgan fingerprint density at radius 2 is 1.84 bits per heavy atom. The summed E-state index contributed by atoms with van der Waals surface area (Å²) in [6.45, 7) is 9.15. The average Bonchev–Trinajstić information content (AvgIpc) is 3.23. The minimum absolute atomic E-state index is 0.151.